The predicted molar refractivity (Wildman–Crippen MR) is 191 cm³/mol. The molecule has 5 atom stereocenters. The van der Waals surface area contributed by atoms with Gasteiger partial charge in [0.2, 0.25) is 0 Å². The van der Waals surface area contributed by atoms with Crippen molar-refractivity contribution in [3.05, 3.63) is 104 Å². The Balaban J connectivity index is 1.21. The highest BCUT2D eigenvalue weighted by Gasteiger charge is 2.44. The van der Waals surface area contributed by atoms with E-state index < -0.39 is 12.2 Å². The average Bonchev–Trinajstić information content (AvgIpc) is 3.63. The molecule has 9 rings (SSSR count). The van der Waals surface area contributed by atoms with E-state index in [1.807, 2.05) is 18.2 Å². The van der Waals surface area contributed by atoms with Gasteiger partial charge < -0.3 is 39.7 Å². The number of hydrogen-bond donors (Lipinski definition) is 5. The summed E-state index contributed by atoms with van der Waals surface area (Å²) in [6.07, 6.45) is 7.53. The fourth-order valence-electron chi connectivity index (χ4n) is 9.08. The van der Waals surface area contributed by atoms with Crippen LogP contribution in [0, 0.1) is 0 Å². The molecule has 0 radical (unpaired) electrons. The zero-order valence-corrected chi connectivity index (χ0v) is 28.4. The summed E-state index contributed by atoms with van der Waals surface area (Å²) in [4.78, 5) is 4.59. The summed E-state index contributed by atoms with van der Waals surface area (Å²) in [6, 6.07) is 13.8. The first-order valence-electron chi connectivity index (χ1n) is 17.9. The van der Waals surface area contributed by atoms with E-state index in [1.54, 1.807) is 12.1 Å². The molecular formula is C42H41NO8. The smallest absolute Gasteiger partial charge is 0.161 e. The topological polar surface area (TPSA) is 141 Å². The van der Waals surface area contributed by atoms with Crippen LogP contribution in [-0.4, -0.2) is 64.6 Å². The molecule has 4 aromatic rings. The molecule has 5 aliphatic rings. The maximum absolute atomic E-state index is 11.9. The molecule has 9 nitrogen and oxygen atoms in total. The van der Waals surface area contributed by atoms with Gasteiger partial charge in [0.25, 0.3) is 0 Å². The van der Waals surface area contributed by atoms with Gasteiger partial charge in [-0.05, 0) is 107 Å². The lowest BCUT2D eigenvalue weighted by Gasteiger charge is -2.42. The molecule has 9 heteroatoms. The molecule has 51 heavy (non-hydrogen) atoms. The Labute approximate surface area is 295 Å². The quantitative estimate of drug-likeness (QED) is 0.194. The third-order valence-electron chi connectivity index (χ3n) is 11.5. The lowest BCUT2D eigenvalue weighted by Crippen LogP contribution is -2.35. The second kappa shape index (κ2) is 12.4. The van der Waals surface area contributed by atoms with Gasteiger partial charge in [-0.25, -0.2) is 0 Å². The van der Waals surface area contributed by atoms with Crippen LogP contribution in [0.1, 0.15) is 75.3 Å². The molecular weight excluding hydrogens is 646 g/mol. The van der Waals surface area contributed by atoms with E-state index in [0.717, 1.165) is 49.5 Å². The maximum atomic E-state index is 11.9. The number of fused-ring (bicyclic) bond motifs is 8. The number of benzene rings is 4. The molecule has 5 N–H and O–H groups in total. The average molecular weight is 688 g/mol. The van der Waals surface area contributed by atoms with Crippen LogP contribution in [0.3, 0.4) is 0 Å². The number of nitrogens with zero attached hydrogens (tertiary/aromatic N) is 1. The molecule has 262 valence electrons. The Morgan fingerprint density at radius 1 is 0.941 bits per heavy atom. The van der Waals surface area contributed by atoms with Crippen molar-refractivity contribution in [3.8, 4) is 39.9 Å². The number of aliphatic hydroxyl groups excluding tert-OH is 3. The number of aliphatic hydroxyl groups is 3. The number of methoxy groups -OCH3 is 1. The molecule has 2 aliphatic carbocycles. The van der Waals surface area contributed by atoms with Crippen molar-refractivity contribution in [3.63, 3.8) is 0 Å². The minimum atomic E-state index is -0.899. The summed E-state index contributed by atoms with van der Waals surface area (Å²) in [5, 5.41) is 55.8. The first kappa shape index (κ1) is 32.1. The third-order valence-corrected chi connectivity index (χ3v) is 11.5. The molecule has 4 aromatic carbocycles. The van der Waals surface area contributed by atoms with Gasteiger partial charge in [-0.15, -0.1) is 0 Å². The van der Waals surface area contributed by atoms with Gasteiger partial charge in [-0.1, -0.05) is 30.4 Å². The summed E-state index contributed by atoms with van der Waals surface area (Å²) in [6.45, 7) is 0.560. The Bertz CT molecular complexity index is 2240. The van der Waals surface area contributed by atoms with Crippen molar-refractivity contribution in [1.82, 2.24) is 0 Å². The monoisotopic (exact) mass is 687 g/mol. The Morgan fingerprint density at radius 3 is 2.65 bits per heavy atom. The fraction of sp³-hybridized carbons (Fsp3) is 0.357. The van der Waals surface area contributed by atoms with Crippen LogP contribution < -0.4 is 24.8 Å². The molecule has 3 aliphatic heterocycles. The summed E-state index contributed by atoms with van der Waals surface area (Å²) in [5.41, 5.74) is 9.27. The molecule has 0 bridgehead atoms. The summed E-state index contributed by atoms with van der Waals surface area (Å²) < 4.78 is 19.0. The standard InChI is InChI=1S/C42H41NO8/c1-49-36-17-24(16-23(39(36)48)3-2-14-44)40-35(47)19-32-31-18-30-26(21-4-10-33-22(15-21)12-13-43-33)7-8-27-34(46)11-9-28(37(27)30)38(31)42-29(41(32)51-40)6-5-25(20-45)50-42/h4,7-12,15-17,25-26,30,35,40,44-48H,2-3,5-6,13-14,18-20H2,1H3/t25-,26+,30+,35+,40+/m0/s1. The van der Waals surface area contributed by atoms with Crippen molar-refractivity contribution in [2.45, 2.75) is 68.7 Å². The lowest BCUT2D eigenvalue weighted by molar-refractivity contribution is 0.0180. The second-order valence-corrected chi connectivity index (χ2v) is 14.3. The van der Waals surface area contributed by atoms with E-state index in [2.05, 4.69) is 35.3 Å². The third kappa shape index (κ3) is 5.05. The normalized spacial score (nSPS) is 23.3. The molecule has 0 amide bonds. The van der Waals surface area contributed by atoms with Gasteiger partial charge in [-0.2, -0.15) is 0 Å². The number of aromatic hydroxyl groups is 2. The maximum Gasteiger partial charge on any atom is 0.161 e. The van der Waals surface area contributed by atoms with E-state index in [4.69, 9.17) is 14.2 Å². The molecule has 0 saturated heterocycles. The molecule has 0 saturated carbocycles. The zero-order chi connectivity index (χ0) is 35.0. The first-order chi connectivity index (χ1) is 24.9. The van der Waals surface area contributed by atoms with Crippen LogP contribution in [0.4, 0.5) is 0 Å². The van der Waals surface area contributed by atoms with Crippen molar-refractivity contribution < 1.29 is 39.7 Å². The van der Waals surface area contributed by atoms with Crippen molar-refractivity contribution in [2.24, 2.45) is 4.99 Å². The Morgan fingerprint density at radius 2 is 1.82 bits per heavy atom. The summed E-state index contributed by atoms with van der Waals surface area (Å²) in [5.74, 6) is 1.98. The van der Waals surface area contributed by atoms with E-state index in [9.17, 15) is 25.5 Å². The van der Waals surface area contributed by atoms with E-state index in [-0.39, 0.29) is 48.4 Å². The number of aryl methyl sites for hydroxylation is 1. The van der Waals surface area contributed by atoms with Crippen LogP contribution in [0.2, 0.25) is 0 Å². The van der Waals surface area contributed by atoms with Crippen LogP contribution in [0.25, 0.3) is 23.3 Å². The number of rotatable bonds is 7. The highest BCUT2D eigenvalue weighted by Crippen LogP contribution is 2.59. The molecule has 0 unspecified atom stereocenters. The number of hydrogen-bond acceptors (Lipinski definition) is 9. The number of phenols is 2. The van der Waals surface area contributed by atoms with E-state index >= 15 is 0 Å². The zero-order valence-electron chi connectivity index (χ0n) is 28.4. The van der Waals surface area contributed by atoms with Gasteiger partial charge in [0.15, 0.2) is 11.5 Å². The van der Waals surface area contributed by atoms with Crippen molar-refractivity contribution in [1.29, 1.82) is 0 Å². The minimum Gasteiger partial charge on any atom is -0.507 e. The largest absolute Gasteiger partial charge is 0.507 e. The summed E-state index contributed by atoms with van der Waals surface area (Å²) >= 11 is 0. The number of ether oxygens (including phenoxy) is 3. The van der Waals surface area contributed by atoms with E-state index in [0.29, 0.717) is 67.7 Å². The van der Waals surface area contributed by atoms with Crippen LogP contribution >= 0.6 is 0 Å². The van der Waals surface area contributed by atoms with Gasteiger partial charge in [-0.3, -0.25) is 4.99 Å². The highest BCUT2D eigenvalue weighted by molar-refractivity contribution is 5.88. The summed E-state index contributed by atoms with van der Waals surface area (Å²) in [7, 11) is 1.49. The first-order valence-corrected chi connectivity index (χ1v) is 17.9. The highest BCUT2D eigenvalue weighted by atomic mass is 16.5. The van der Waals surface area contributed by atoms with Crippen molar-refractivity contribution >= 4 is 12.2 Å². The van der Waals surface area contributed by atoms with Gasteiger partial charge in [0.1, 0.15) is 29.5 Å². The van der Waals surface area contributed by atoms with Gasteiger partial charge >= 0.3 is 0 Å². The van der Waals surface area contributed by atoms with E-state index in [1.165, 1.54) is 12.7 Å². The number of phenolic OH excluding ortho intramolecular Hbond substituents is 2. The predicted octanol–water partition coefficient (Wildman–Crippen LogP) is 4.29. The SMILES string of the molecule is COc1cc([C@H]2Oc3c(c4c(c5c3CC[C@@H](CO)O5)-c3ccc(O)c5c3[C@H](C4)[C@@H](c3ccc4c(c3)=CCN=4)C=C5)C[C@H]2O)cc(CCCO)c1O. The van der Waals surface area contributed by atoms with Crippen LogP contribution in [0.15, 0.2) is 53.5 Å². The molecule has 0 aromatic heterocycles. The van der Waals surface area contributed by atoms with Crippen LogP contribution in [-0.2, 0) is 25.7 Å². The molecule has 0 spiro atoms. The minimum absolute atomic E-state index is 0.000630. The second-order valence-electron chi connectivity index (χ2n) is 14.3. The van der Waals surface area contributed by atoms with Crippen LogP contribution in [0.5, 0.6) is 28.7 Å². The lowest BCUT2D eigenvalue weighted by atomic mass is 9.65. The van der Waals surface area contributed by atoms with Crippen molar-refractivity contribution in [2.75, 3.05) is 26.9 Å². The Hall–Kier alpha value is -4.83. The van der Waals surface area contributed by atoms with Gasteiger partial charge in [0, 0.05) is 41.2 Å². The number of allylic oxidation sites excluding steroid dienone is 1. The Kier molecular flexibility index (Phi) is 7.83. The molecule has 3 heterocycles. The van der Waals surface area contributed by atoms with Gasteiger partial charge in [0.05, 0.1) is 31.7 Å². The molecule has 0 fully saturated rings. The fourth-order valence-corrected chi connectivity index (χ4v) is 9.08.